The van der Waals surface area contributed by atoms with Crippen LogP contribution in [0.2, 0.25) is 0 Å². The van der Waals surface area contributed by atoms with Gasteiger partial charge in [0.05, 0.1) is 12.4 Å². The molecule has 1 amide bonds. The maximum absolute atomic E-state index is 11.0. The fourth-order valence-corrected chi connectivity index (χ4v) is 2.07. The average Bonchev–Trinajstić information content (AvgIpc) is 2.26. The number of methoxy groups -OCH3 is 1. The van der Waals surface area contributed by atoms with Crippen LogP contribution in [-0.4, -0.2) is 18.3 Å². The van der Waals surface area contributed by atoms with Crippen LogP contribution in [0.5, 0.6) is 5.75 Å². The number of primary amides is 1. The van der Waals surface area contributed by atoms with Crippen molar-refractivity contribution in [1.29, 1.82) is 0 Å². The molecule has 1 atom stereocenters. The lowest BCUT2D eigenvalue weighted by Crippen LogP contribution is -2.24. The maximum atomic E-state index is 11.0. The molecule has 0 bridgehead atoms. The van der Waals surface area contributed by atoms with E-state index in [-0.39, 0.29) is 11.2 Å². The molecule has 0 saturated carbocycles. The molecule has 4 heteroatoms. The molecule has 0 aromatic heterocycles. The lowest BCUT2D eigenvalue weighted by atomic mass is 10.3. The summed E-state index contributed by atoms with van der Waals surface area (Å²) in [6.45, 7) is 1.95. The molecule has 1 aromatic carbocycles. The first kappa shape index (κ1) is 11.9. The van der Waals surface area contributed by atoms with Crippen LogP contribution >= 0.6 is 11.8 Å². The van der Waals surface area contributed by atoms with Crippen LogP contribution in [-0.2, 0) is 4.79 Å². The number of hydrogen-bond donors (Lipinski definition) is 1. The Morgan fingerprint density at radius 2 is 2.07 bits per heavy atom. The van der Waals surface area contributed by atoms with Gasteiger partial charge in [-0.15, -0.1) is 11.8 Å². The van der Waals surface area contributed by atoms with E-state index in [0.717, 1.165) is 17.1 Å². The maximum Gasteiger partial charge on any atom is 0.230 e. The molecule has 0 aliphatic rings. The molecule has 1 rings (SSSR count). The lowest BCUT2D eigenvalue weighted by Gasteiger charge is -2.10. The van der Waals surface area contributed by atoms with E-state index in [0.29, 0.717) is 0 Å². The minimum absolute atomic E-state index is 0.154. The number of ether oxygens (including phenoxy) is 1. The van der Waals surface area contributed by atoms with Gasteiger partial charge in [-0.05, 0) is 30.7 Å². The molecule has 15 heavy (non-hydrogen) atoms. The highest BCUT2D eigenvalue weighted by molar-refractivity contribution is 8.00. The Morgan fingerprint density at radius 3 is 2.47 bits per heavy atom. The third-order valence-electron chi connectivity index (χ3n) is 2.03. The van der Waals surface area contributed by atoms with Crippen LogP contribution in [0.3, 0.4) is 0 Å². The van der Waals surface area contributed by atoms with Gasteiger partial charge in [-0.1, -0.05) is 6.92 Å². The van der Waals surface area contributed by atoms with Crippen molar-refractivity contribution in [3.8, 4) is 5.75 Å². The Hall–Kier alpha value is -1.16. The monoisotopic (exact) mass is 225 g/mol. The van der Waals surface area contributed by atoms with Crippen molar-refractivity contribution in [2.45, 2.75) is 23.5 Å². The van der Waals surface area contributed by atoms with Gasteiger partial charge in [-0.3, -0.25) is 4.79 Å². The average molecular weight is 225 g/mol. The smallest absolute Gasteiger partial charge is 0.230 e. The zero-order valence-electron chi connectivity index (χ0n) is 8.90. The van der Waals surface area contributed by atoms with Crippen LogP contribution in [0.15, 0.2) is 29.2 Å². The Labute approximate surface area is 94.0 Å². The van der Waals surface area contributed by atoms with Gasteiger partial charge in [0.2, 0.25) is 5.91 Å². The number of amides is 1. The molecule has 82 valence electrons. The normalized spacial score (nSPS) is 12.1. The van der Waals surface area contributed by atoms with Crippen molar-refractivity contribution in [2.75, 3.05) is 7.11 Å². The van der Waals surface area contributed by atoms with Crippen molar-refractivity contribution in [3.63, 3.8) is 0 Å². The molecule has 1 aromatic rings. The summed E-state index contributed by atoms with van der Waals surface area (Å²) in [6.07, 6.45) is 0.742. The third-order valence-corrected chi connectivity index (χ3v) is 3.42. The summed E-state index contributed by atoms with van der Waals surface area (Å²) >= 11 is 1.49. The highest BCUT2D eigenvalue weighted by atomic mass is 32.2. The van der Waals surface area contributed by atoms with Gasteiger partial charge in [0, 0.05) is 4.90 Å². The summed E-state index contributed by atoms with van der Waals surface area (Å²) in [7, 11) is 1.63. The van der Waals surface area contributed by atoms with E-state index in [2.05, 4.69) is 0 Å². The molecule has 0 saturated heterocycles. The Morgan fingerprint density at radius 1 is 1.47 bits per heavy atom. The molecule has 0 aliphatic carbocycles. The zero-order valence-corrected chi connectivity index (χ0v) is 9.71. The fraction of sp³-hybridized carbons (Fsp3) is 0.364. The first-order chi connectivity index (χ1) is 7.17. The topological polar surface area (TPSA) is 52.3 Å². The van der Waals surface area contributed by atoms with Crippen LogP contribution < -0.4 is 10.5 Å². The van der Waals surface area contributed by atoms with E-state index in [1.165, 1.54) is 11.8 Å². The summed E-state index contributed by atoms with van der Waals surface area (Å²) in [6, 6.07) is 7.59. The number of benzene rings is 1. The Bertz CT molecular complexity index is 324. The van der Waals surface area contributed by atoms with E-state index in [4.69, 9.17) is 10.5 Å². The largest absolute Gasteiger partial charge is 0.497 e. The third kappa shape index (κ3) is 3.47. The van der Waals surface area contributed by atoms with E-state index in [1.807, 2.05) is 31.2 Å². The van der Waals surface area contributed by atoms with Gasteiger partial charge in [-0.25, -0.2) is 0 Å². The first-order valence-electron chi connectivity index (χ1n) is 4.77. The molecular weight excluding hydrogens is 210 g/mol. The van der Waals surface area contributed by atoms with Gasteiger partial charge in [0.1, 0.15) is 5.75 Å². The van der Waals surface area contributed by atoms with Crippen LogP contribution in [0.4, 0.5) is 0 Å². The first-order valence-corrected chi connectivity index (χ1v) is 5.65. The number of thioether (sulfide) groups is 1. The number of rotatable bonds is 5. The van der Waals surface area contributed by atoms with E-state index in [1.54, 1.807) is 7.11 Å². The highest BCUT2D eigenvalue weighted by Gasteiger charge is 2.13. The number of carbonyl (C=O) groups excluding carboxylic acids is 1. The summed E-state index contributed by atoms with van der Waals surface area (Å²) in [4.78, 5) is 12.1. The van der Waals surface area contributed by atoms with Gasteiger partial charge in [-0.2, -0.15) is 0 Å². The van der Waals surface area contributed by atoms with Gasteiger partial charge < -0.3 is 10.5 Å². The van der Waals surface area contributed by atoms with Crippen LogP contribution in [0, 0.1) is 0 Å². The van der Waals surface area contributed by atoms with E-state index >= 15 is 0 Å². The summed E-state index contributed by atoms with van der Waals surface area (Å²) < 4.78 is 5.05. The van der Waals surface area contributed by atoms with Crippen molar-refractivity contribution < 1.29 is 9.53 Å². The van der Waals surface area contributed by atoms with Crippen LogP contribution in [0.25, 0.3) is 0 Å². The summed E-state index contributed by atoms with van der Waals surface area (Å²) in [5, 5.41) is -0.154. The second-order valence-electron chi connectivity index (χ2n) is 3.09. The predicted octanol–water partition coefficient (Wildman–Crippen LogP) is 2.05. The van der Waals surface area contributed by atoms with E-state index in [9.17, 15) is 4.79 Å². The minimum Gasteiger partial charge on any atom is -0.497 e. The zero-order chi connectivity index (χ0) is 11.3. The molecule has 0 aliphatic heterocycles. The van der Waals surface area contributed by atoms with Crippen molar-refractivity contribution in [1.82, 2.24) is 0 Å². The molecule has 0 heterocycles. The summed E-state index contributed by atoms with van der Waals surface area (Å²) in [5.74, 6) is 0.546. The Balaban J connectivity index is 2.67. The predicted molar refractivity (Wildman–Crippen MR) is 62.1 cm³/mol. The second kappa shape index (κ2) is 5.66. The molecular formula is C11H15NO2S. The van der Waals surface area contributed by atoms with Gasteiger partial charge in [0.25, 0.3) is 0 Å². The van der Waals surface area contributed by atoms with Gasteiger partial charge >= 0.3 is 0 Å². The summed E-state index contributed by atoms with van der Waals surface area (Å²) in [5.41, 5.74) is 5.27. The minimum atomic E-state index is -0.265. The molecule has 1 unspecified atom stereocenters. The van der Waals surface area contributed by atoms with E-state index < -0.39 is 0 Å². The standard InChI is InChI=1S/C11H15NO2S/c1-3-10(11(12)13)15-9-6-4-8(14-2)5-7-9/h4-7,10H,3H2,1-2H3,(H2,12,13). The number of hydrogen-bond acceptors (Lipinski definition) is 3. The van der Waals surface area contributed by atoms with Crippen molar-refractivity contribution >= 4 is 17.7 Å². The number of carbonyl (C=O) groups is 1. The molecule has 3 nitrogen and oxygen atoms in total. The van der Waals surface area contributed by atoms with Gasteiger partial charge in [0.15, 0.2) is 0 Å². The molecule has 0 spiro atoms. The second-order valence-corrected chi connectivity index (χ2v) is 4.37. The number of nitrogens with two attached hydrogens (primary N) is 1. The molecule has 2 N–H and O–H groups in total. The van der Waals surface area contributed by atoms with Crippen LogP contribution in [0.1, 0.15) is 13.3 Å². The fourth-order valence-electron chi connectivity index (χ4n) is 1.16. The highest BCUT2D eigenvalue weighted by Crippen LogP contribution is 2.26. The van der Waals surface area contributed by atoms with Crippen molar-refractivity contribution in [2.24, 2.45) is 5.73 Å². The molecule has 0 fully saturated rings. The SMILES string of the molecule is CCC(Sc1ccc(OC)cc1)C(N)=O. The Kier molecular flexibility index (Phi) is 4.49. The quantitative estimate of drug-likeness (QED) is 0.780. The molecule has 0 radical (unpaired) electrons. The lowest BCUT2D eigenvalue weighted by molar-refractivity contribution is -0.117. The van der Waals surface area contributed by atoms with Crippen molar-refractivity contribution in [3.05, 3.63) is 24.3 Å².